The summed E-state index contributed by atoms with van der Waals surface area (Å²) in [5.41, 5.74) is 4.79. The molecule has 0 aliphatic carbocycles. The average molecular weight is 566 g/mol. The van der Waals surface area contributed by atoms with Crippen LogP contribution in [0.1, 0.15) is 72.0 Å². The van der Waals surface area contributed by atoms with E-state index in [0.717, 1.165) is 21.9 Å². The molecule has 0 bridgehead atoms. The minimum atomic E-state index is -2.64. The Bertz CT molecular complexity index is 2060. The monoisotopic (exact) mass is 565 g/mol. The number of aromatic nitrogens is 1. The first kappa shape index (κ1) is 22.0. The van der Waals surface area contributed by atoms with E-state index in [1.807, 2.05) is 31.2 Å². The van der Waals surface area contributed by atoms with Gasteiger partial charge >= 0.3 is 0 Å². The van der Waals surface area contributed by atoms with E-state index in [2.05, 4.69) is 78.4 Å². The predicted octanol–water partition coefficient (Wildman–Crippen LogP) is 9.43. The third kappa shape index (κ3) is 4.42. The molecule has 5 aromatic rings. The van der Waals surface area contributed by atoms with Gasteiger partial charge in [0.15, 0.2) is 6.20 Å². The zero-order chi connectivity index (χ0) is 35.1. The Hall–Kier alpha value is -3.68. The molecule has 0 aliphatic rings. The highest BCUT2D eigenvalue weighted by Gasteiger charge is 2.50. The van der Waals surface area contributed by atoms with Gasteiger partial charge in [0.1, 0.15) is 18.2 Å². The molecule has 0 saturated heterocycles. The first-order chi connectivity index (χ1) is 21.5. The Kier molecular flexibility index (Phi) is 5.20. The summed E-state index contributed by atoms with van der Waals surface area (Å²) in [5.74, 6) is 0. The van der Waals surface area contributed by atoms with Crippen LogP contribution >= 0.6 is 0 Å². The van der Waals surface area contributed by atoms with Crippen molar-refractivity contribution < 1.29 is 17.2 Å². The van der Waals surface area contributed by atoms with Gasteiger partial charge in [0.25, 0.3) is 0 Å². The molecular weight excluding hydrogens is 517 g/mol. The number of nitrogens with zero attached hydrogens (tertiary/aromatic N) is 2. The number of nitriles is 1. The number of fused-ring (bicyclic) bond motifs is 3. The van der Waals surface area contributed by atoms with Crippen LogP contribution in [-0.4, -0.2) is 8.07 Å². The highest BCUT2D eigenvalue weighted by Crippen LogP contribution is 2.50. The number of furan rings is 1. The van der Waals surface area contributed by atoms with Gasteiger partial charge in [0, 0.05) is 36.2 Å². The van der Waals surface area contributed by atoms with E-state index in [-0.39, 0.29) is 21.2 Å². The molecule has 0 radical (unpaired) electrons. The maximum atomic E-state index is 10.2. The van der Waals surface area contributed by atoms with E-state index in [1.54, 1.807) is 11.6 Å². The number of aryl methyl sites for hydroxylation is 4. The molecule has 0 fully saturated rings. The third-order valence-corrected chi connectivity index (χ3v) is 16.9. The predicted molar refractivity (Wildman–Crippen MR) is 175 cm³/mol. The second-order valence-electron chi connectivity index (χ2n) is 13.5. The van der Waals surface area contributed by atoms with Gasteiger partial charge in [-0.25, -0.2) is 4.57 Å². The van der Waals surface area contributed by atoms with Crippen molar-refractivity contribution >= 4 is 35.2 Å². The van der Waals surface area contributed by atoms with Crippen LogP contribution in [0.3, 0.4) is 0 Å². The fourth-order valence-electron chi connectivity index (χ4n) is 6.56. The lowest BCUT2D eigenvalue weighted by Gasteiger charge is -2.50. The van der Waals surface area contributed by atoms with E-state index >= 15 is 0 Å². The van der Waals surface area contributed by atoms with Crippen molar-refractivity contribution in [2.75, 3.05) is 0 Å². The molecule has 5 rings (SSSR count). The van der Waals surface area contributed by atoms with Crippen molar-refractivity contribution in [3.63, 3.8) is 0 Å². The summed E-state index contributed by atoms with van der Waals surface area (Å²) in [6.07, 6.45) is 1.39. The van der Waals surface area contributed by atoms with Crippen LogP contribution in [-0.2, 0) is 7.05 Å². The molecule has 0 atom stereocenters. The van der Waals surface area contributed by atoms with Gasteiger partial charge in [0.2, 0.25) is 5.69 Å². The first-order valence-electron chi connectivity index (χ1n) is 17.1. The summed E-state index contributed by atoms with van der Waals surface area (Å²) in [5, 5.41) is 13.5. The van der Waals surface area contributed by atoms with Crippen molar-refractivity contribution in [2.24, 2.45) is 7.05 Å². The van der Waals surface area contributed by atoms with Gasteiger partial charge in [-0.3, -0.25) is 0 Å². The lowest BCUT2D eigenvalue weighted by molar-refractivity contribution is -0.660. The van der Waals surface area contributed by atoms with Crippen LogP contribution in [0.15, 0.2) is 65.2 Å². The van der Waals surface area contributed by atoms with Gasteiger partial charge in [0.05, 0.1) is 25.3 Å². The minimum absolute atomic E-state index is 0.120. The van der Waals surface area contributed by atoms with Gasteiger partial charge in [-0.05, 0) is 59.5 Å². The molecule has 2 aromatic heterocycles. The SMILES string of the molecule is [2H]C([2H])([2H])c1cc(-c2c(C)ccc3c2oc2c(-c4ccc([Si](C)(C(C)(C)C)C(C)(C)C)cc4)c(C#N)ccc23)[n+](C)cc1C([2H])([2H])[2H]. The molecule has 210 valence electrons. The maximum absolute atomic E-state index is 10.2. The van der Waals surface area contributed by atoms with E-state index in [0.29, 0.717) is 33.6 Å². The largest absolute Gasteiger partial charge is 0.454 e. The number of benzene rings is 3. The van der Waals surface area contributed by atoms with Crippen molar-refractivity contribution in [3.05, 3.63) is 83.0 Å². The van der Waals surface area contributed by atoms with E-state index < -0.39 is 21.8 Å². The Morgan fingerprint density at radius 3 is 1.95 bits per heavy atom. The molecular formula is C37H43N2OSi+. The van der Waals surface area contributed by atoms with Crippen molar-refractivity contribution in [1.82, 2.24) is 0 Å². The Labute approximate surface area is 254 Å². The number of hydrogen-bond donors (Lipinski definition) is 0. The van der Waals surface area contributed by atoms with Crippen LogP contribution in [0.2, 0.25) is 16.6 Å². The molecule has 2 heterocycles. The summed E-state index contributed by atoms with van der Waals surface area (Å²) in [7, 11) is -0.301. The molecule has 0 amide bonds. The minimum Gasteiger partial charge on any atom is -0.454 e. The fourth-order valence-corrected chi connectivity index (χ4v) is 11.4. The zero-order valence-corrected chi connectivity index (χ0v) is 26.6. The van der Waals surface area contributed by atoms with Crippen LogP contribution in [0.4, 0.5) is 0 Å². The Morgan fingerprint density at radius 2 is 1.39 bits per heavy atom. The van der Waals surface area contributed by atoms with E-state index in [1.165, 1.54) is 17.4 Å². The average Bonchev–Trinajstić information content (AvgIpc) is 3.32. The lowest BCUT2D eigenvalue weighted by atomic mass is 9.96. The van der Waals surface area contributed by atoms with Gasteiger partial charge in [-0.15, -0.1) is 0 Å². The third-order valence-electron chi connectivity index (χ3n) is 9.42. The Morgan fingerprint density at radius 1 is 0.805 bits per heavy atom. The van der Waals surface area contributed by atoms with Gasteiger partial charge in [-0.2, -0.15) is 5.26 Å². The second-order valence-corrected chi connectivity index (χ2v) is 19.3. The summed E-state index contributed by atoms with van der Waals surface area (Å²) in [4.78, 5) is 0. The molecule has 41 heavy (non-hydrogen) atoms. The molecule has 3 nitrogen and oxygen atoms in total. The molecule has 0 saturated carbocycles. The number of rotatable bonds is 3. The van der Waals surface area contributed by atoms with Crippen molar-refractivity contribution in [1.29, 1.82) is 5.26 Å². The summed E-state index contributed by atoms with van der Waals surface area (Å²) in [6, 6.07) is 20.1. The van der Waals surface area contributed by atoms with Gasteiger partial charge < -0.3 is 4.42 Å². The highest BCUT2D eigenvalue weighted by molar-refractivity contribution is 6.95. The van der Waals surface area contributed by atoms with E-state index in [4.69, 9.17) is 12.6 Å². The van der Waals surface area contributed by atoms with Crippen LogP contribution in [0.25, 0.3) is 44.3 Å². The smallest absolute Gasteiger partial charge is 0.216 e. The summed E-state index contributed by atoms with van der Waals surface area (Å²) < 4.78 is 56.8. The first-order valence-corrected chi connectivity index (χ1v) is 16.6. The second kappa shape index (κ2) is 9.71. The zero-order valence-electron chi connectivity index (χ0n) is 31.6. The lowest BCUT2D eigenvalue weighted by Crippen LogP contribution is -2.58. The molecule has 0 N–H and O–H groups in total. The molecule has 0 spiro atoms. The molecule has 0 unspecified atom stereocenters. The maximum Gasteiger partial charge on any atom is 0.216 e. The van der Waals surface area contributed by atoms with E-state index in [9.17, 15) is 5.26 Å². The van der Waals surface area contributed by atoms with Crippen LogP contribution < -0.4 is 9.75 Å². The highest BCUT2D eigenvalue weighted by atomic mass is 28.3. The topological polar surface area (TPSA) is 40.8 Å². The van der Waals surface area contributed by atoms with Gasteiger partial charge in [-0.1, -0.05) is 89.7 Å². The quantitative estimate of drug-likeness (QED) is 0.161. The Balaban J connectivity index is 1.80. The molecule has 3 aromatic carbocycles. The summed E-state index contributed by atoms with van der Waals surface area (Å²) >= 11 is 0. The summed E-state index contributed by atoms with van der Waals surface area (Å²) in [6.45, 7) is 13.1. The fraction of sp³-hybridized carbons (Fsp3) is 0.351. The number of hydrogen-bond acceptors (Lipinski definition) is 2. The standard InChI is InChI=1S/C37H43N2OSi/c1-23-12-18-29-30-19-15-27(21-38)33(26-13-16-28(17-14-26)41(11,36(4,5)6)37(7,8)9)35(30)40-34(29)32(23)31-20-24(2)25(3)22-39(31)10/h12-20,22H,1-11H3/q+1/i2D3,3D3. The molecule has 0 aliphatic heterocycles. The molecule has 4 heteroatoms. The normalized spacial score (nSPS) is 15.5. The number of pyridine rings is 1. The van der Waals surface area contributed by atoms with Crippen LogP contribution in [0, 0.1) is 32.0 Å². The van der Waals surface area contributed by atoms with Crippen molar-refractivity contribution in [3.8, 4) is 28.5 Å². The van der Waals surface area contributed by atoms with Crippen molar-refractivity contribution in [2.45, 2.75) is 78.8 Å². The van der Waals surface area contributed by atoms with Crippen LogP contribution in [0.5, 0.6) is 0 Å².